The number of carbonyl (C=O) groups excluding carboxylic acids is 2. The highest BCUT2D eigenvalue weighted by atomic mass is 35.5. The molecule has 29 heavy (non-hydrogen) atoms. The van der Waals surface area contributed by atoms with E-state index < -0.39 is 11.8 Å². The maximum Gasteiger partial charge on any atom is 0.329 e. The summed E-state index contributed by atoms with van der Waals surface area (Å²) in [6.45, 7) is 2.37. The van der Waals surface area contributed by atoms with Crippen LogP contribution >= 0.6 is 11.6 Å². The van der Waals surface area contributed by atoms with Crippen LogP contribution in [0.5, 0.6) is 5.75 Å². The number of amides is 2. The second-order valence-electron chi connectivity index (χ2n) is 6.14. The number of ether oxygens (including phenoxy) is 1. The van der Waals surface area contributed by atoms with E-state index in [2.05, 4.69) is 15.8 Å². The van der Waals surface area contributed by atoms with Crippen molar-refractivity contribution < 1.29 is 14.3 Å². The Morgan fingerprint density at radius 3 is 2.59 bits per heavy atom. The third-order valence-electron chi connectivity index (χ3n) is 4.18. The topological polar surface area (TPSA) is 79.8 Å². The lowest BCUT2D eigenvalue weighted by atomic mass is 10.0. The number of carbonyl (C=O) groups is 2. The van der Waals surface area contributed by atoms with Crippen molar-refractivity contribution in [2.75, 3.05) is 6.54 Å². The quantitative estimate of drug-likeness (QED) is 0.370. The highest BCUT2D eigenvalue weighted by Gasteiger charge is 2.12. The van der Waals surface area contributed by atoms with Crippen molar-refractivity contribution in [1.29, 1.82) is 0 Å². The second-order valence-corrected chi connectivity index (χ2v) is 6.54. The van der Waals surface area contributed by atoms with Gasteiger partial charge in [-0.1, -0.05) is 60.1 Å². The smallest absolute Gasteiger partial charge is 0.329 e. The van der Waals surface area contributed by atoms with Crippen molar-refractivity contribution in [3.05, 3.63) is 76.8 Å². The monoisotopic (exact) mass is 409 g/mol. The van der Waals surface area contributed by atoms with Gasteiger partial charge in [0.15, 0.2) is 0 Å². The summed E-state index contributed by atoms with van der Waals surface area (Å²) in [4.78, 5) is 23.3. The largest absolute Gasteiger partial charge is 0.488 e. The Morgan fingerprint density at radius 2 is 1.79 bits per heavy atom. The number of likely N-dealkylation sites (N-methyl/N-ethyl adjacent to an activating group) is 1. The minimum absolute atomic E-state index is 0.282. The summed E-state index contributed by atoms with van der Waals surface area (Å²) < 4.78 is 5.99. The van der Waals surface area contributed by atoms with Crippen LogP contribution in [0.2, 0.25) is 5.02 Å². The lowest BCUT2D eigenvalue weighted by Crippen LogP contribution is -2.37. The van der Waals surface area contributed by atoms with Gasteiger partial charge in [-0.15, -0.1) is 0 Å². The predicted octanol–water partition coefficient (Wildman–Crippen LogP) is 3.66. The van der Waals surface area contributed by atoms with Gasteiger partial charge in [-0.2, -0.15) is 5.10 Å². The molecule has 3 aromatic carbocycles. The number of nitrogens with one attached hydrogen (secondary N) is 2. The molecule has 0 aliphatic rings. The molecule has 0 heterocycles. The zero-order valence-corrected chi connectivity index (χ0v) is 16.6. The fourth-order valence-electron chi connectivity index (χ4n) is 2.75. The molecule has 0 atom stereocenters. The Bertz CT molecular complexity index is 1070. The van der Waals surface area contributed by atoms with Crippen molar-refractivity contribution in [2.45, 2.75) is 13.5 Å². The Labute approximate surface area is 173 Å². The van der Waals surface area contributed by atoms with Gasteiger partial charge < -0.3 is 10.1 Å². The Balaban J connectivity index is 1.86. The molecule has 0 aliphatic heterocycles. The van der Waals surface area contributed by atoms with E-state index in [1.165, 1.54) is 6.21 Å². The molecule has 2 N–H and O–H groups in total. The average molecular weight is 410 g/mol. The first-order chi connectivity index (χ1) is 14.1. The molecule has 0 aliphatic carbocycles. The summed E-state index contributed by atoms with van der Waals surface area (Å²) in [7, 11) is 0. The molecule has 0 aromatic heterocycles. The molecular formula is C22H20ClN3O3. The van der Waals surface area contributed by atoms with E-state index in [1.54, 1.807) is 13.0 Å². The van der Waals surface area contributed by atoms with E-state index in [0.717, 1.165) is 16.3 Å². The van der Waals surface area contributed by atoms with Crippen LogP contribution in [-0.4, -0.2) is 24.6 Å². The molecule has 3 aromatic rings. The van der Waals surface area contributed by atoms with E-state index in [4.69, 9.17) is 16.3 Å². The third kappa shape index (κ3) is 5.12. The van der Waals surface area contributed by atoms with Crippen LogP contribution in [0.15, 0.2) is 65.8 Å². The van der Waals surface area contributed by atoms with Gasteiger partial charge in [-0.25, -0.2) is 5.43 Å². The van der Waals surface area contributed by atoms with Gasteiger partial charge in [-0.3, -0.25) is 9.59 Å². The van der Waals surface area contributed by atoms with E-state index in [-0.39, 0.29) is 6.61 Å². The molecule has 2 amide bonds. The predicted molar refractivity (Wildman–Crippen MR) is 114 cm³/mol. The fraction of sp³-hybridized carbons (Fsp3) is 0.136. The molecule has 0 bridgehead atoms. The van der Waals surface area contributed by atoms with Gasteiger partial charge in [-0.05, 0) is 29.8 Å². The number of hydrazone groups is 1. The first kappa shape index (κ1) is 20.4. The molecule has 7 heteroatoms. The molecule has 0 spiro atoms. The molecule has 148 valence electrons. The van der Waals surface area contributed by atoms with Gasteiger partial charge in [0.1, 0.15) is 12.4 Å². The lowest BCUT2D eigenvalue weighted by Gasteiger charge is -2.12. The number of hydrogen-bond donors (Lipinski definition) is 2. The van der Waals surface area contributed by atoms with Crippen molar-refractivity contribution in [1.82, 2.24) is 10.7 Å². The van der Waals surface area contributed by atoms with Gasteiger partial charge in [0.05, 0.1) is 6.21 Å². The highest BCUT2D eigenvalue weighted by Crippen LogP contribution is 2.28. The molecule has 0 saturated carbocycles. The maximum absolute atomic E-state index is 11.7. The van der Waals surface area contributed by atoms with Crippen molar-refractivity contribution in [2.24, 2.45) is 5.10 Å². The Hall–Kier alpha value is -3.38. The SMILES string of the molecule is CCNC(=O)C(=O)N/N=C\c1c(OCc2ccccc2Cl)ccc2ccccc12. The fourth-order valence-corrected chi connectivity index (χ4v) is 2.94. The summed E-state index contributed by atoms with van der Waals surface area (Å²) in [5.41, 5.74) is 3.78. The number of hydrogen-bond acceptors (Lipinski definition) is 4. The van der Waals surface area contributed by atoms with E-state index in [9.17, 15) is 9.59 Å². The number of fused-ring (bicyclic) bond motifs is 1. The summed E-state index contributed by atoms with van der Waals surface area (Å²) in [6, 6.07) is 19.0. The van der Waals surface area contributed by atoms with Crippen molar-refractivity contribution in [3.63, 3.8) is 0 Å². The first-order valence-corrected chi connectivity index (χ1v) is 9.47. The molecule has 0 unspecified atom stereocenters. The van der Waals surface area contributed by atoms with E-state index in [1.807, 2.05) is 54.6 Å². The number of halogens is 1. The summed E-state index contributed by atoms with van der Waals surface area (Å²) in [5.74, 6) is -0.987. The lowest BCUT2D eigenvalue weighted by molar-refractivity contribution is -0.139. The van der Waals surface area contributed by atoms with E-state index >= 15 is 0 Å². The zero-order valence-electron chi connectivity index (χ0n) is 15.8. The van der Waals surface area contributed by atoms with Crippen LogP contribution in [0.3, 0.4) is 0 Å². The average Bonchev–Trinajstić information content (AvgIpc) is 2.74. The Morgan fingerprint density at radius 1 is 1.03 bits per heavy atom. The number of benzene rings is 3. The van der Waals surface area contributed by atoms with Gasteiger partial charge in [0, 0.05) is 22.7 Å². The molecule has 0 fully saturated rings. The van der Waals surface area contributed by atoms with Crippen LogP contribution in [0.1, 0.15) is 18.1 Å². The summed E-state index contributed by atoms with van der Waals surface area (Å²) >= 11 is 6.21. The number of rotatable bonds is 6. The summed E-state index contributed by atoms with van der Waals surface area (Å²) in [5, 5.41) is 8.87. The number of nitrogens with zero attached hydrogens (tertiary/aromatic N) is 1. The third-order valence-corrected chi connectivity index (χ3v) is 4.54. The van der Waals surface area contributed by atoms with Crippen LogP contribution in [0.25, 0.3) is 10.8 Å². The highest BCUT2D eigenvalue weighted by molar-refractivity contribution is 6.35. The standard InChI is InChI=1S/C22H20ClN3O3/c1-2-24-21(27)22(28)26-25-13-18-17-9-5-3-7-15(17)11-12-20(18)29-14-16-8-4-6-10-19(16)23/h3-13H,2,14H2,1H3,(H,24,27)(H,26,28)/b25-13-. The Kier molecular flexibility index (Phi) is 6.81. The van der Waals surface area contributed by atoms with Gasteiger partial charge >= 0.3 is 11.8 Å². The minimum Gasteiger partial charge on any atom is -0.488 e. The summed E-state index contributed by atoms with van der Waals surface area (Å²) in [6.07, 6.45) is 1.47. The maximum atomic E-state index is 11.7. The normalized spacial score (nSPS) is 10.8. The van der Waals surface area contributed by atoms with Crippen LogP contribution in [0.4, 0.5) is 0 Å². The zero-order chi connectivity index (χ0) is 20.6. The second kappa shape index (κ2) is 9.71. The van der Waals surface area contributed by atoms with E-state index in [0.29, 0.717) is 22.9 Å². The molecule has 0 saturated heterocycles. The molecular weight excluding hydrogens is 390 g/mol. The van der Waals surface area contributed by atoms with Crippen LogP contribution in [-0.2, 0) is 16.2 Å². The molecule has 0 radical (unpaired) electrons. The molecule has 3 rings (SSSR count). The van der Waals surface area contributed by atoms with Gasteiger partial charge in [0.2, 0.25) is 0 Å². The molecule has 6 nitrogen and oxygen atoms in total. The minimum atomic E-state index is -0.832. The van der Waals surface area contributed by atoms with Gasteiger partial charge in [0.25, 0.3) is 0 Å². The van der Waals surface area contributed by atoms with Crippen LogP contribution in [0, 0.1) is 0 Å². The van der Waals surface area contributed by atoms with Crippen LogP contribution < -0.4 is 15.5 Å². The first-order valence-electron chi connectivity index (χ1n) is 9.09. The van der Waals surface area contributed by atoms with Crippen molar-refractivity contribution >= 4 is 40.4 Å². The van der Waals surface area contributed by atoms with Crippen molar-refractivity contribution in [3.8, 4) is 5.75 Å².